The van der Waals surface area contributed by atoms with E-state index in [4.69, 9.17) is 11.6 Å². The molecule has 2 aromatic rings. The molecule has 0 fully saturated rings. The Morgan fingerprint density at radius 3 is 1.96 bits per heavy atom. The molecule has 0 unspecified atom stereocenters. The summed E-state index contributed by atoms with van der Waals surface area (Å²) < 4.78 is 0. The zero-order chi connectivity index (χ0) is 17.7. The minimum Gasteiger partial charge on any atom is -0.504 e. The molecule has 2 aromatic carbocycles. The summed E-state index contributed by atoms with van der Waals surface area (Å²) in [5, 5.41) is 33.5. The van der Waals surface area contributed by atoms with Crippen LogP contribution in [-0.4, -0.2) is 40.2 Å². The van der Waals surface area contributed by atoms with Crippen LogP contribution in [0.2, 0.25) is 5.02 Å². The van der Waals surface area contributed by atoms with Gasteiger partial charge in [0, 0.05) is 29.2 Å². The molecule has 0 saturated carbocycles. The maximum atomic E-state index is 11.9. The van der Waals surface area contributed by atoms with Crippen LogP contribution in [0.1, 0.15) is 20.7 Å². The molecule has 0 aliphatic rings. The number of benzene rings is 2. The van der Waals surface area contributed by atoms with E-state index >= 15 is 0 Å². The number of amides is 2. The normalized spacial score (nSPS) is 10.2. The lowest BCUT2D eigenvalue weighted by Crippen LogP contribution is -2.34. The van der Waals surface area contributed by atoms with Crippen molar-refractivity contribution in [1.82, 2.24) is 10.6 Å². The first-order valence-corrected chi connectivity index (χ1v) is 7.33. The van der Waals surface area contributed by atoms with E-state index in [-0.39, 0.29) is 24.6 Å². The summed E-state index contributed by atoms with van der Waals surface area (Å²) in [7, 11) is 0. The maximum Gasteiger partial charge on any atom is 0.251 e. The standard InChI is InChI=1S/C16H15ClN2O5/c17-11-3-1-2-9(6-11)15(23)18-4-5-19-16(24)10-7-12(20)14(22)13(21)8-10/h1-3,6-8,20-22H,4-5H2,(H,18,23)(H,19,24). The first-order chi connectivity index (χ1) is 11.4. The van der Waals surface area contributed by atoms with Gasteiger partial charge in [-0.05, 0) is 30.3 Å². The molecule has 0 aliphatic carbocycles. The summed E-state index contributed by atoms with van der Waals surface area (Å²) in [5.74, 6) is -2.80. The highest BCUT2D eigenvalue weighted by Crippen LogP contribution is 2.35. The van der Waals surface area contributed by atoms with Gasteiger partial charge in [-0.25, -0.2) is 0 Å². The van der Waals surface area contributed by atoms with Gasteiger partial charge >= 0.3 is 0 Å². The van der Waals surface area contributed by atoms with Gasteiger partial charge in [0.25, 0.3) is 11.8 Å². The predicted molar refractivity (Wildman–Crippen MR) is 87.6 cm³/mol. The van der Waals surface area contributed by atoms with Crippen LogP contribution in [-0.2, 0) is 0 Å². The van der Waals surface area contributed by atoms with Gasteiger partial charge in [-0.1, -0.05) is 17.7 Å². The number of nitrogens with one attached hydrogen (secondary N) is 2. The number of aromatic hydroxyl groups is 3. The number of rotatable bonds is 5. The van der Waals surface area contributed by atoms with Crippen molar-refractivity contribution in [3.05, 3.63) is 52.5 Å². The minimum absolute atomic E-state index is 0.0241. The Balaban J connectivity index is 1.84. The molecule has 0 spiro atoms. The third kappa shape index (κ3) is 4.30. The van der Waals surface area contributed by atoms with Crippen LogP contribution < -0.4 is 10.6 Å². The number of hydrogen-bond donors (Lipinski definition) is 5. The van der Waals surface area contributed by atoms with Crippen molar-refractivity contribution < 1.29 is 24.9 Å². The van der Waals surface area contributed by atoms with Gasteiger partial charge in [-0.2, -0.15) is 0 Å². The second-order valence-corrected chi connectivity index (χ2v) is 5.32. The van der Waals surface area contributed by atoms with Gasteiger partial charge in [0.05, 0.1) is 0 Å². The molecule has 126 valence electrons. The quantitative estimate of drug-likeness (QED) is 0.414. The Labute approximate surface area is 142 Å². The smallest absolute Gasteiger partial charge is 0.251 e. The van der Waals surface area contributed by atoms with E-state index in [0.717, 1.165) is 12.1 Å². The Morgan fingerprint density at radius 1 is 0.875 bits per heavy atom. The molecule has 7 nitrogen and oxygen atoms in total. The first kappa shape index (κ1) is 17.4. The fraction of sp³-hybridized carbons (Fsp3) is 0.125. The number of halogens is 1. The van der Waals surface area contributed by atoms with E-state index in [1.165, 1.54) is 6.07 Å². The average molecular weight is 351 g/mol. The van der Waals surface area contributed by atoms with Crippen molar-refractivity contribution >= 4 is 23.4 Å². The predicted octanol–water partition coefficient (Wildman–Crippen LogP) is 1.62. The Bertz CT molecular complexity index is 756. The number of phenolic OH excluding ortho intramolecular Hbond substituents is 3. The first-order valence-electron chi connectivity index (χ1n) is 6.95. The maximum absolute atomic E-state index is 11.9. The van der Waals surface area contributed by atoms with Crippen molar-refractivity contribution in [2.45, 2.75) is 0 Å². The lowest BCUT2D eigenvalue weighted by atomic mass is 10.1. The van der Waals surface area contributed by atoms with Gasteiger partial charge < -0.3 is 26.0 Å². The molecule has 0 aromatic heterocycles. The summed E-state index contributed by atoms with van der Waals surface area (Å²) in [4.78, 5) is 23.7. The molecule has 0 atom stereocenters. The van der Waals surface area contributed by atoms with Crippen LogP contribution in [0.3, 0.4) is 0 Å². The summed E-state index contributed by atoms with van der Waals surface area (Å²) >= 11 is 5.80. The topological polar surface area (TPSA) is 119 Å². The zero-order valence-corrected chi connectivity index (χ0v) is 13.2. The number of phenols is 3. The van der Waals surface area contributed by atoms with Crippen LogP contribution in [0.25, 0.3) is 0 Å². The van der Waals surface area contributed by atoms with Gasteiger partial charge in [-0.15, -0.1) is 0 Å². The molecule has 0 bridgehead atoms. The monoisotopic (exact) mass is 350 g/mol. The van der Waals surface area contributed by atoms with Crippen molar-refractivity contribution in [3.63, 3.8) is 0 Å². The molecule has 8 heteroatoms. The van der Waals surface area contributed by atoms with Crippen LogP contribution in [0, 0.1) is 0 Å². The van der Waals surface area contributed by atoms with E-state index in [1.54, 1.807) is 18.2 Å². The zero-order valence-electron chi connectivity index (χ0n) is 12.4. The molecule has 0 heterocycles. The highest BCUT2D eigenvalue weighted by molar-refractivity contribution is 6.30. The van der Waals surface area contributed by atoms with Gasteiger partial charge in [0.2, 0.25) is 0 Å². The second kappa shape index (κ2) is 7.56. The number of carbonyl (C=O) groups excluding carboxylic acids is 2. The van der Waals surface area contributed by atoms with Crippen molar-refractivity contribution in [2.75, 3.05) is 13.1 Å². The van der Waals surface area contributed by atoms with E-state index in [0.29, 0.717) is 10.6 Å². The largest absolute Gasteiger partial charge is 0.504 e. The van der Waals surface area contributed by atoms with E-state index < -0.39 is 23.2 Å². The highest BCUT2D eigenvalue weighted by Gasteiger charge is 2.13. The van der Waals surface area contributed by atoms with Crippen LogP contribution in [0.15, 0.2) is 36.4 Å². The molecular weight excluding hydrogens is 336 g/mol. The van der Waals surface area contributed by atoms with E-state index in [2.05, 4.69) is 10.6 Å². The Morgan fingerprint density at radius 2 is 1.42 bits per heavy atom. The number of hydrogen-bond acceptors (Lipinski definition) is 5. The van der Waals surface area contributed by atoms with Gasteiger partial charge in [-0.3, -0.25) is 9.59 Å². The van der Waals surface area contributed by atoms with Crippen molar-refractivity contribution in [1.29, 1.82) is 0 Å². The Kier molecular flexibility index (Phi) is 5.49. The summed E-state index contributed by atoms with van der Waals surface area (Å²) in [6, 6.07) is 8.49. The second-order valence-electron chi connectivity index (χ2n) is 4.89. The van der Waals surface area contributed by atoms with Crippen LogP contribution >= 0.6 is 11.6 Å². The molecular formula is C16H15ClN2O5. The minimum atomic E-state index is -0.694. The molecule has 5 N–H and O–H groups in total. The molecule has 0 saturated heterocycles. The van der Waals surface area contributed by atoms with Crippen LogP contribution in [0.5, 0.6) is 17.2 Å². The van der Waals surface area contributed by atoms with E-state index in [9.17, 15) is 24.9 Å². The molecule has 0 aliphatic heterocycles. The molecule has 2 amide bonds. The van der Waals surface area contributed by atoms with Gasteiger partial charge in [0.1, 0.15) is 0 Å². The summed E-state index contributed by atoms with van der Waals surface area (Å²) in [5.41, 5.74) is 0.381. The molecule has 2 rings (SSSR count). The average Bonchev–Trinajstić information content (AvgIpc) is 2.55. The van der Waals surface area contributed by atoms with Crippen LogP contribution in [0.4, 0.5) is 0 Å². The molecule has 24 heavy (non-hydrogen) atoms. The van der Waals surface area contributed by atoms with Gasteiger partial charge in [0.15, 0.2) is 17.2 Å². The van der Waals surface area contributed by atoms with E-state index in [1.807, 2.05) is 0 Å². The fourth-order valence-electron chi connectivity index (χ4n) is 1.92. The Hall–Kier alpha value is -2.93. The third-order valence-electron chi connectivity index (χ3n) is 3.11. The third-order valence-corrected chi connectivity index (χ3v) is 3.35. The SMILES string of the molecule is O=C(NCCNC(=O)c1cc(O)c(O)c(O)c1)c1cccc(Cl)c1. The van der Waals surface area contributed by atoms with Crippen molar-refractivity contribution in [2.24, 2.45) is 0 Å². The lowest BCUT2D eigenvalue weighted by Gasteiger charge is -2.09. The molecule has 0 radical (unpaired) electrons. The fourth-order valence-corrected chi connectivity index (χ4v) is 2.11. The van der Waals surface area contributed by atoms with Crippen molar-refractivity contribution in [3.8, 4) is 17.2 Å². The summed E-state index contributed by atoms with van der Waals surface area (Å²) in [6.45, 7) is 0.306. The highest BCUT2D eigenvalue weighted by atomic mass is 35.5. The number of carbonyl (C=O) groups is 2. The summed E-state index contributed by atoms with van der Waals surface area (Å²) in [6.07, 6.45) is 0. The lowest BCUT2D eigenvalue weighted by molar-refractivity contribution is 0.0927.